The molecule has 0 aliphatic rings. The Balaban J connectivity index is 1.46. The van der Waals surface area contributed by atoms with Crippen molar-refractivity contribution >= 4 is 5.69 Å². The second kappa shape index (κ2) is 9.58. The predicted octanol–water partition coefficient (Wildman–Crippen LogP) is 6.05. The molecule has 0 fully saturated rings. The lowest BCUT2D eigenvalue weighted by molar-refractivity contribution is 0.182. The first-order valence-corrected chi connectivity index (χ1v) is 11.6. The van der Waals surface area contributed by atoms with Crippen molar-refractivity contribution in [2.45, 2.75) is 27.3 Å². The molecule has 2 heterocycles. The SMILES string of the molecule is COc1ccc(-c2nc(C)c(CNc3cccc(-c4ncon4)c3)n2O)cc1-c1c(C)cccc1C. The van der Waals surface area contributed by atoms with Gasteiger partial charge in [-0.3, -0.25) is 0 Å². The van der Waals surface area contributed by atoms with E-state index in [2.05, 4.69) is 46.4 Å². The maximum absolute atomic E-state index is 11.1. The zero-order valence-electron chi connectivity index (χ0n) is 20.6. The van der Waals surface area contributed by atoms with E-state index in [1.807, 2.05) is 55.5 Å². The number of aromatic nitrogens is 4. The molecule has 2 N–H and O–H groups in total. The molecular weight excluding hydrogens is 454 g/mol. The highest BCUT2D eigenvalue weighted by Crippen LogP contribution is 2.37. The molecule has 0 radical (unpaired) electrons. The van der Waals surface area contributed by atoms with E-state index in [1.54, 1.807) is 7.11 Å². The van der Waals surface area contributed by atoms with E-state index in [1.165, 1.54) is 6.39 Å². The topological polar surface area (TPSA) is 98.2 Å². The summed E-state index contributed by atoms with van der Waals surface area (Å²) in [4.78, 5) is 8.78. The van der Waals surface area contributed by atoms with Crippen LogP contribution in [0, 0.1) is 20.8 Å². The van der Waals surface area contributed by atoms with Gasteiger partial charge in [-0.2, -0.15) is 9.71 Å². The van der Waals surface area contributed by atoms with Gasteiger partial charge in [-0.1, -0.05) is 35.5 Å². The smallest absolute Gasteiger partial charge is 0.214 e. The third-order valence-electron chi connectivity index (χ3n) is 6.30. The first-order valence-electron chi connectivity index (χ1n) is 11.6. The van der Waals surface area contributed by atoms with Crippen LogP contribution >= 0.6 is 0 Å². The molecular formula is C28H27N5O3. The molecule has 0 saturated carbocycles. The average Bonchev–Trinajstić information content (AvgIpc) is 3.51. The van der Waals surface area contributed by atoms with Crippen LogP contribution < -0.4 is 10.1 Å². The summed E-state index contributed by atoms with van der Waals surface area (Å²) < 4.78 is 11.7. The van der Waals surface area contributed by atoms with E-state index in [0.717, 1.165) is 55.2 Å². The summed E-state index contributed by atoms with van der Waals surface area (Å²) in [6.07, 6.45) is 1.30. The minimum atomic E-state index is 0.380. The molecule has 0 bridgehead atoms. The Morgan fingerprint density at radius 2 is 1.75 bits per heavy atom. The van der Waals surface area contributed by atoms with E-state index >= 15 is 0 Å². The predicted molar refractivity (Wildman–Crippen MR) is 138 cm³/mol. The molecule has 0 aliphatic heterocycles. The summed E-state index contributed by atoms with van der Waals surface area (Å²) in [6, 6.07) is 19.8. The van der Waals surface area contributed by atoms with Crippen molar-refractivity contribution in [3.8, 4) is 39.7 Å². The van der Waals surface area contributed by atoms with Crippen LogP contribution in [0.1, 0.15) is 22.5 Å². The number of aryl methyl sites for hydroxylation is 3. The van der Waals surface area contributed by atoms with Crippen molar-refractivity contribution in [3.63, 3.8) is 0 Å². The van der Waals surface area contributed by atoms with Gasteiger partial charge in [-0.15, -0.1) is 0 Å². The highest BCUT2D eigenvalue weighted by atomic mass is 16.5. The second-order valence-electron chi connectivity index (χ2n) is 8.65. The first-order chi connectivity index (χ1) is 17.5. The number of hydrogen-bond acceptors (Lipinski definition) is 7. The molecule has 5 aromatic rings. The number of benzene rings is 3. The number of nitrogens with zero attached hydrogens (tertiary/aromatic N) is 4. The normalized spacial score (nSPS) is 11.0. The van der Waals surface area contributed by atoms with Gasteiger partial charge in [0.15, 0.2) is 5.82 Å². The summed E-state index contributed by atoms with van der Waals surface area (Å²) >= 11 is 0. The molecule has 36 heavy (non-hydrogen) atoms. The molecule has 8 heteroatoms. The van der Waals surface area contributed by atoms with Crippen molar-refractivity contribution in [3.05, 3.63) is 89.6 Å². The van der Waals surface area contributed by atoms with Crippen LogP contribution in [0.2, 0.25) is 0 Å². The molecule has 0 atom stereocenters. The van der Waals surface area contributed by atoms with E-state index in [9.17, 15) is 5.21 Å². The number of methoxy groups -OCH3 is 1. The zero-order valence-corrected chi connectivity index (χ0v) is 20.6. The number of nitrogens with one attached hydrogen (secondary N) is 1. The maximum atomic E-state index is 11.1. The number of rotatable bonds is 7. The van der Waals surface area contributed by atoms with Crippen molar-refractivity contribution in [2.24, 2.45) is 0 Å². The quantitative estimate of drug-likeness (QED) is 0.273. The Hall–Kier alpha value is -4.59. The number of anilines is 1. The molecule has 0 amide bonds. The minimum absolute atomic E-state index is 0.380. The fraction of sp³-hybridized carbons (Fsp3) is 0.179. The lowest BCUT2D eigenvalue weighted by Crippen LogP contribution is -2.07. The first kappa shape index (κ1) is 23.2. The lowest BCUT2D eigenvalue weighted by atomic mass is 9.93. The van der Waals surface area contributed by atoms with E-state index in [4.69, 9.17) is 9.26 Å². The Kier molecular flexibility index (Phi) is 6.16. The van der Waals surface area contributed by atoms with Gasteiger partial charge >= 0.3 is 0 Å². The Morgan fingerprint density at radius 1 is 0.972 bits per heavy atom. The van der Waals surface area contributed by atoms with Crippen molar-refractivity contribution in [1.29, 1.82) is 0 Å². The monoisotopic (exact) mass is 481 g/mol. The average molecular weight is 482 g/mol. The number of imidazole rings is 1. The van der Waals surface area contributed by atoms with Crippen LogP contribution in [-0.2, 0) is 6.54 Å². The summed E-state index contributed by atoms with van der Waals surface area (Å²) in [5.41, 5.74) is 8.28. The number of ether oxygens (including phenoxy) is 1. The minimum Gasteiger partial charge on any atom is -0.496 e. The maximum Gasteiger partial charge on any atom is 0.214 e. The van der Waals surface area contributed by atoms with Crippen LogP contribution in [0.3, 0.4) is 0 Å². The van der Waals surface area contributed by atoms with Gasteiger partial charge in [0, 0.05) is 22.4 Å². The van der Waals surface area contributed by atoms with Gasteiger partial charge in [0.1, 0.15) is 5.75 Å². The van der Waals surface area contributed by atoms with Crippen molar-refractivity contribution in [1.82, 2.24) is 19.9 Å². The van der Waals surface area contributed by atoms with Gasteiger partial charge in [-0.05, 0) is 67.8 Å². The van der Waals surface area contributed by atoms with E-state index < -0.39 is 0 Å². The third kappa shape index (κ3) is 4.29. The molecule has 0 aliphatic carbocycles. The van der Waals surface area contributed by atoms with Crippen molar-refractivity contribution in [2.75, 3.05) is 12.4 Å². The second-order valence-corrected chi connectivity index (χ2v) is 8.65. The summed E-state index contributed by atoms with van der Waals surface area (Å²) in [7, 11) is 1.67. The van der Waals surface area contributed by atoms with Crippen LogP contribution in [-0.4, -0.2) is 32.2 Å². The van der Waals surface area contributed by atoms with Gasteiger partial charge in [0.25, 0.3) is 0 Å². The summed E-state index contributed by atoms with van der Waals surface area (Å²) in [5.74, 6) is 1.76. The van der Waals surface area contributed by atoms with E-state index in [0.29, 0.717) is 23.9 Å². The summed E-state index contributed by atoms with van der Waals surface area (Å²) in [5, 5.41) is 18.3. The molecule has 5 rings (SSSR count). The molecule has 3 aromatic carbocycles. The molecule has 0 spiro atoms. The molecule has 182 valence electrons. The van der Waals surface area contributed by atoms with Crippen LogP contribution in [0.25, 0.3) is 33.9 Å². The molecule has 8 nitrogen and oxygen atoms in total. The van der Waals surface area contributed by atoms with E-state index in [-0.39, 0.29) is 0 Å². The van der Waals surface area contributed by atoms with Crippen molar-refractivity contribution < 1.29 is 14.5 Å². The van der Waals surface area contributed by atoms with Crippen LogP contribution in [0.15, 0.2) is 71.6 Å². The number of hydrogen-bond donors (Lipinski definition) is 2. The fourth-order valence-electron chi connectivity index (χ4n) is 4.48. The molecule has 0 unspecified atom stereocenters. The lowest BCUT2D eigenvalue weighted by Gasteiger charge is -2.15. The highest BCUT2D eigenvalue weighted by molar-refractivity contribution is 5.80. The third-order valence-corrected chi connectivity index (χ3v) is 6.30. The molecule has 2 aromatic heterocycles. The zero-order chi connectivity index (χ0) is 25.2. The highest BCUT2D eigenvalue weighted by Gasteiger charge is 2.19. The largest absolute Gasteiger partial charge is 0.496 e. The standard InChI is InChI=1S/C28H27N5O3/c1-17-7-5-8-18(2)26(17)23-14-21(11-12-25(23)35-4)28-31-19(3)24(33(28)34)15-29-22-10-6-9-20(13-22)27-30-16-36-32-27/h5-14,16,29,34H,15H2,1-4H3. The van der Waals surface area contributed by atoms with Gasteiger partial charge < -0.3 is 19.8 Å². The summed E-state index contributed by atoms with van der Waals surface area (Å²) in [6.45, 7) is 6.44. The van der Waals surface area contributed by atoms with Gasteiger partial charge in [-0.25, -0.2) is 4.98 Å². The van der Waals surface area contributed by atoms with Crippen LogP contribution in [0.5, 0.6) is 5.75 Å². The van der Waals surface area contributed by atoms with Crippen LogP contribution in [0.4, 0.5) is 5.69 Å². The Labute approximate surface area is 209 Å². The Morgan fingerprint density at radius 3 is 2.47 bits per heavy atom. The van der Waals surface area contributed by atoms with Gasteiger partial charge in [0.2, 0.25) is 12.2 Å². The Bertz CT molecular complexity index is 1500. The molecule has 0 saturated heterocycles. The fourth-order valence-corrected chi connectivity index (χ4v) is 4.48. The van der Waals surface area contributed by atoms with Gasteiger partial charge in [0.05, 0.1) is 25.0 Å².